The van der Waals surface area contributed by atoms with Crippen LogP contribution < -0.4 is 11.1 Å². The summed E-state index contributed by atoms with van der Waals surface area (Å²) < 4.78 is 0. The van der Waals surface area contributed by atoms with Crippen LogP contribution in [0.1, 0.15) is 0 Å². The van der Waals surface area contributed by atoms with E-state index in [1.54, 1.807) is 13.1 Å². The average Bonchev–Trinajstić information content (AvgIpc) is 1.90. The summed E-state index contributed by atoms with van der Waals surface area (Å²) in [5.74, 6) is 0. The van der Waals surface area contributed by atoms with Crippen molar-refractivity contribution >= 4 is 6.21 Å². The molecule has 0 saturated heterocycles. The van der Waals surface area contributed by atoms with Gasteiger partial charge in [-0.3, -0.25) is 0 Å². The second-order valence-corrected chi connectivity index (χ2v) is 1.33. The molecule has 0 aromatic rings. The second-order valence-electron chi connectivity index (χ2n) is 1.33. The van der Waals surface area contributed by atoms with E-state index in [2.05, 4.69) is 5.32 Å². The van der Waals surface area contributed by atoms with Gasteiger partial charge in [0.1, 0.15) is 11.8 Å². The summed E-state index contributed by atoms with van der Waals surface area (Å²) >= 11 is 0. The lowest BCUT2D eigenvalue weighted by Crippen LogP contribution is -2.13. The van der Waals surface area contributed by atoms with Crippen molar-refractivity contribution in [1.82, 2.24) is 5.32 Å². The van der Waals surface area contributed by atoms with Gasteiger partial charge in [-0.1, -0.05) is 0 Å². The molecule has 0 aromatic carbocycles. The highest BCUT2D eigenvalue weighted by atomic mass is 14.9. The first-order chi connectivity index (χ1) is 4.26. The van der Waals surface area contributed by atoms with Gasteiger partial charge in [-0.15, -0.1) is 0 Å². The number of rotatable bonds is 2. The Morgan fingerprint density at radius 1 is 1.89 bits per heavy atom. The molecular formula is C5H8N4. The molecule has 0 saturated carbocycles. The van der Waals surface area contributed by atoms with Crippen LogP contribution in [0.15, 0.2) is 11.4 Å². The van der Waals surface area contributed by atoms with Crippen LogP contribution in [-0.2, 0) is 0 Å². The summed E-state index contributed by atoms with van der Waals surface area (Å²) in [5.41, 5.74) is 5.52. The number of nitriles is 1. The van der Waals surface area contributed by atoms with E-state index in [4.69, 9.17) is 16.4 Å². The van der Waals surface area contributed by atoms with Crippen LogP contribution in [0, 0.1) is 16.7 Å². The lowest BCUT2D eigenvalue weighted by atomic mass is 10.4. The summed E-state index contributed by atoms with van der Waals surface area (Å²) in [5, 5.41) is 17.5. The monoisotopic (exact) mass is 124 g/mol. The maximum Gasteiger partial charge on any atom is 0.136 e. The molecule has 9 heavy (non-hydrogen) atoms. The van der Waals surface area contributed by atoms with Crippen LogP contribution in [0.3, 0.4) is 0 Å². The molecule has 0 aliphatic carbocycles. The van der Waals surface area contributed by atoms with E-state index in [9.17, 15) is 0 Å². The van der Waals surface area contributed by atoms with Crippen molar-refractivity contribution in [1.29, 1.82) is 10.7 Å². The van der Waals surface area contributed by atoms with E-state index >= 15 is 0 Å². The third-order valence-electron chi connectivity index (χ3n) is 0.824. The maximum atomic E-state index is 8.19. The minimum atomic E-state index is 0.0347. The van der Waals surface area contributed by atoms with Crippen LogP contribution in [0.2, 0.25) is 0 Å². The second kappa shape index (κ2) is 3.50. The molecule has 0 spiro atoms. The molecule has 4 N–H and O–H groups in total. The Morgan fingerprint density at radius 3 is 2.56 bits per heavy atom. The highest BCUT2D eigenvalue weighted by Crippen LogP contribution is 1.85. The Kier molecular flexibility index (Phi) is 2.91. The van der Waals surface area contributed by atoms with Crippen molar-refractivity contribution in [3.63, 3.8) is 0 Å². The Morgan fingerprint density at radius 2 is 2.44 bits per heavy atom. The fraction of sp³-hybridized carbons (Fsp3) is 0.200. The molecule has 4 heteroatoms. The zero-order chi connectivity index (χ0) is 7.28. The zero-order valence-corrected chi connectivity index (χ0v) is 5.10. The Labute approximate surface area is 53.5 Å². The summed E-state index contributed by atoms with van der Waals surface area (Å²) in [4.78, 5) is 0. The fourth-order valence-electron chi connectivity index (χ4n) is 0.345. The molecule has 0 aliphatic heterocycles. The van der Waals surface area contributed by atoms with Gasteiger partial charge >= 0.3 is 0 Å². The van der Waals surface area contributed by atoms with Gasteiger partial charge in [0, 0.05) is 13.3 Å². The first-order valence-electron chi connectivity index (χ1n) is 2.34. The van der Waals surface area contributed by atoms with E-state index in [0.717, 1.165) is 6.21 Å². The van der Waals surface area contributed by atoms with E-state index in [0.29, 0.717) is 5.70 Å². The molecule has 0 aromatic heterocycles. The molecule has 0 fully saturated rings. The number of allylic oxidation sites excluding steroid dienone is 2. The van der Waals surface area contributed by atoms with Crippen LogP contribution in [0.25, 0.3) is 0 Å². The summed E-state index contributed by atoms with van der Waals surface area (Å²) in [6, 6.07) is 1.71. The highest BCUT2D eigenvalue weighted by molar-refractivity contribution is 5.76. The Balaban J connectivity index is 4.42. The number of nitrogens with one attached hydrogen (secondary N) is 2. The van der Waals surface area contributed by atoms with Crippen LogP contribution in [-0.4, -0.2) is 13.3 Å². The predicted molar refractivity (Wildman–Crippen MR) is 34.7 cm³/mol. The largest absolute Gasteiger partial charge is 0.388 e. The van der Waals surface area contributed by atoms with Gasteiger partial charge in [0.05, 0.1) is 5.70 Å². The fourth-order valence-corrected chi connectivity index (χ4v) is 0.345. The number of nitrogens with zero attached hydrogens (tertiary/aromatic N) is 1. The highest BCUT2D eigenvalue weighted by Gasteiger charge is 1.93. The van der Waals surface area contributed by atoms with Gasteiger partial charge in [-0.25, -0.2) is 0 Å². The van der Waals surface area contributed by atoms with E-state index in [-0.39, 0.29) is 5.70 Å². The van der Waals surface area contributed by atoms with Gasteiger partial charge < -0.3 is 16.5 Å². The molecule has 0 heterocycles. The Hall–Kier alpha value is -1.50. The first-order valence-corrected chi connectivity index (χ1v) is 2.34. The van der Waals surface area contributed by atoms with Gasteiger partial charge in [0.25, 0.3) is 0 Å². The lowest BCUT2D eigenvalue weighted by molar-refractivity contribution is 1.03. The molecule has 0 amide bonds. The van der Waals surface area contributed by atoms with Crippen molar-refractivity contribution in [2.45, 2.75) is 0 Å². The third-order valence-corrected chi connectivity index (χ3v) is 0.824. The molecule has 0 radical (unpaired) electrons. The molecule has 0 unspecified atom stereocenters. The summed E-state index contributed by atoms with van der Waals surface area (Å²) in [6.45, 7) is 0. The lowest BCUT2D eigenvalue weighted by Gasteiger charge is -1.96. The molecular weight excluding hydrogens is 116 g/mol. The van der Waals surface area contributed by atoms with Crippen molar-refractivity contribution in [3.05, 3.63) is 11.4 Å². The molecule has 0 atom stereocenters. The molecule has 4 nitrogen and oxygen atoms in total. The van der Waals surface area contributed by atoms with Gasteiger partial charge in [-0.05, 0) is 0 Å². The minimum absolute atomic E-state index is 0.0347. The zero-order valence-electron chi connectivity index (χ0n) is 5.10. The van der Waals surface area contributed by atoms with Crippen LogP contribution in [0.4, 0.5) is 0 Å². The standard InChI is InChI=1S/C5H8N4/c1-9-5(3-7)4(8)2-6/h3,7,9H,8H2,1H3/b5-4+,7-3?. The summed E-state index contributed by atoms with van der Waals surface area (Å²) in [6.07, 6.45) is 0.999. The van der Waals surface area contributed by atoms with Crippen molar-refractivity contribution in [2.24, 2.45) is 5.73 Å². The molecule has 0 rings (SSSR count). The topological polar surface area (TPSA) is 85.7 Å². The third kappa shape index (κ3) is 1.82. The van der Waals surface area contributed by atoms with Crippen LogP contribution >= 0.6 is 0 Å². The molecule has 0 bridgehead atoms. The number of nitrogens with two attached hydrogens (primary N) is 1. The Bertz CT molecular complexity index is 174. The maximum absolute atomic E-state index is 8.19. The van der Waals surface area contributed by atoms with Gasteiger partial charge in [0.2, 0.25) is 0 Å². The smallest absolute Gasteiger partial charge is 0.136 e. The normalized spacial score (nSPS) is 11.1. The first kappa shape index (κ1) is 7.50. The van der Waals surface area contributed by atoms with E-state index < -0.39 is 0 Å². The molecule has 48 valence electrons. The average molecular weight is 124 g/mol. The summed E-state index contributed by atoms with van der Waals surface area (Å²) in [7, 11) is 1.60. The minimum Gasteiger partial charge on any atom is -0.388 e. The van der Waals surface area contributed by atoms with Gasteiger partial charge in [-0.2, -0.15) is 5.26 Å². The number of hydrogen-bond donors (Lipinski definition) is 3. The van der Waals surface area contributed by atoms with E-state index in [1.807, 2.05) is 0 Å². The predicted octanol–water partition coefficient (Wildman–Crippen LogP) is -0.451. The van der Waals surface area contributed by atoms with Crippen LogP contribution in [0.5, 0.6) is 0 Å². The van der Waals surface area contributed by atoms with E-state index in [1.165, 1.54) is 0 Å². The quantitative estimate of drug-likeness (QED) is 0.344. The number of hydrogen-bond acceptors (Lipinski definition) is 4. The molecule has 0 aliphatic rings. The SMILES string of the molecule is CN/C(C=N)=C(/N)C#N. The van der Waals surface area contributed by atoms with Crippen molar-refractivity contribution < 1.29 is 0 Å². The van der Waals surface area contributed by atoms with Crippen molar-refractivity contribution in [3.8, 4) is 6.07 Å². The van der Waals surface area contributed by atoms with Crippen molar-refractivity contribution in [2.75, 3.05) is 7.05 Å². The van der Waals surface area contributed by atoms with Gasteiger partial charge in [0.15, 0.2) is 0 Å².